The minimum atomic E-state index is -0.0550. The number of hydrogen-bond acceptors (Lipinski definition) is 3. The Morgan fingerprint density at radius 2 is 1.80 bits per heavy atom. The molecule has 134 valence electrons. The largest absolute Gasteiger partial charge is 0.491 e. The molecule has 1 atom stereocenters. The summed E-state index contributed by atoms with van der Waals surface area (Å²) in [4.78, 5) is 12.1. The van der Waals surface area contributed by atoms with E-state index in [1.807, 2.05) is 30.3 Å². The van der Waals surface area contributed by atoms with E-state index < -0.39 is 0 Å². The van der Waals surface area contributed by atoms with Crippen LogP contribution in [0.25, 0.3) is 0 Å². The second-order valence-corrected chi connectivity index (χ2v) is 6.17. The van der Waals surface area contributed by atoms with E-state index in [4.69, 9.17) is 4.74 Å². The van der Waals surface area contributed by atoms with Crippen molar-refractivity contribution in [3.05, 3.63) is 60.2 Å². The first-order chi connectivity index (χ1) is 12.2. The van der Waals surface area contributed by atoms with E-state index in [9.17, 15) is 4.79 Å². The maximum absolute atomic E-state index is 12.1. The van der Waals surface area contributed by atoms with Gasteiger partial charge in [0.1, 0.15) is 5.75 Å². The van der Waals surface area contributed by atoms with Crippen LogP contribution in [0.3, 0.4) is 0 Å². The van der Waals surface area contributed by atoms with Crippen molar-refractivity contribution < 1.29 is 9.53 Å². The van der Waals surface area contributed by atoms with Crippen LogP contribution in [0.4, 0.5) is 5.69 Å². The smallest absolute Gasteiger partial charge is 0.238 e. The van der Waals surface area contributed by atoms with Gasteiger partial charge in [-0.3, -0.25) is 4.79 Å². The van der Waals surface area contributed by atoms with E-state index in [1.54, 1.807) is 0 Å². The molecule has 4 heteroatoms. The SMILES string of the molecule is CCC(C)NCC(=O)Nc1ccccc1OCCCc1ccccc1. The number of aryl methyl sites for hydroxylation is 1. The van der Waals surface area contributed by atoms with Crippen LogP contribution in [0.2, 0.25) is 0 Å². The number of nitrogens with one attached hydrogen (secondary N) is 2. The summed E-state index contributed by atoms with van der Waals surface area (Å²) in [6.45, 7) is 5.08. The van der Waals surface area contributed by atoms with E-state index in [0.29, 0.717) is 24.9 Å². The molecule has 0 heterocycles. The van der Waals surface area contributed by atoms with Crippen molar-refractivity contribution in [1.82, 2.24) is 5.32 Å². The normalized spacial score (nSPS) is 11.8. The van der Waals surface area contributed by atoms with Gasteiger partial charge in [0.2, 0.25) is 5.91 Å². The number of para-hydroxylation sites is 2. The average molecular weight is 340 g/mol. The number of benzene rings is 2. The summed E-state index contributed by atoms with van der Waals surface area (Å²) >= 11 is 0. The molecular formula is C21H28N2O2. The van der Waals surface area contributed by atoms with Crippen LogP contribution in [-0.2, 0) is 11.2 Å². The summed E-state index contributed by atoms with van der Waals surface area (Å²) in [5, 5.41) is 6.11. The molecule has 2 N–H and O–H groups in total. The molecule has 1 unspecified atom stereocenters. The minimum absolute atomic E-state index is 0.0550. The Bertz CT molecular complexity index is 643. The predicted octanol–water partition coefficient (Wildman–Crippen LogP) is 4.02. The fourth-order valence-corrected chi connectivity index (χ4v) is 2.40. The fraction of sp³-hybridized carbons (Fsp3) is 0.381. The molecule has 2 aromatic rings. The van der Waals surface area contributed by atoms with Gasteiger partial charge in [0, 0.05) is 6.04 Å². The van der Waals surface area contributed by atoms with Gasteiger partial charge < -0.3 is 15.4 Å². The lowest BCUT2D eigenvalue weighted by molar-refractivity contribution is -0.115. The molecule has 0 radical (unpaired) electrons. The van der Waals surface area contributed by atoms with Crippen LogP contribution < -0.4 is 15.4 Å². The molecule has 0 aliphatic rings. The second kappa shape index (κ2) is 10.5. The maximum atomic E-state index is 12.1. The predicted molar refractivity (Wildman–Crippen MR) is 103 cm³/mol. The zero-order valence-corrected chi connectivity index (χ0v) is 15.1. The molecule has 0 aliphatic heterocycles. The van der Waals surface area contributed by atoms with Crippen molar-refractivity contribution in [2.24, 2.45) is 0 Å². The Morgan fingerprint density at radius 1 is 1.08 bits per heavy atom. The zero-order chi connectivity index (χ0) is 17.9. The summed E-state index contributed by atoms with van der Waals surface area (Å²) in [6.07, 6.45) is 2.91. The highest BCUT2D eigenvalue weighted by Gasteiger charge is 2.08. The Kier molecular flexibility index (Phi) is 7.99. The molecule has 2 rings (SSSR count). The molecule has 2 aromatic carbocycles. The van der Waals surface area contributed by atoms with Crippen LogP contribution in [0, 0.1) is 0 Å². The van der Waals surface area contributed by atoms with Crippen molar-refractivity contribution in [3.8, 4) is 5.75 Å². The second-order valence-electron chi connectivity index (χ2n) is 6.17. The van der Waals surface area contributed by atoms with Crippen molar-refractivity contribution in [3.63, 3.8) is 0 Å². The first-order valence-corrected chi connectivity index (χ1v) is 8.98. The summed E-state index contributed by atoms with van der Waals surface area (Å²) in [7, 11) is 0. The molecular weight excluding hydrogens is 312 g/mol. The van der Waals surface area contributed by atoms with Gasteiger partial charge in [0.05, 0.1) is 18.8 Å². The summed E-state index contributed by atoms with van der Waals surface area (Å²) in [5.74, 6) is 0.660. The van der Waals surface area contributed by atoms with Gasteiger partial charge in [-0.15, -0.1) is 0 Å². The first-order valence-electron chi connectivity index (χ1n) is 8.98. The van der Waals surface area contributed by atoms with Gasteiger partial charge in [-0.1, -0.05) is 49.4 Å². The third kappa shape index (κ3) is 6.98. The van der Waals surface area contributed by atoms with Gasteiger partial charge in [-0.2, -0.15) is 0 Å². The lowest BCUT2D eigenvalue weighted by Crippen LogP contribution is -2.34. The lowest BCUT2D eigenvalue weighted by Gasteiger charge is -2.14. The number of hydrogen-bond donors (Lipinski definition) is 2. The molecule has 0 aromatic heterocycles. The Hall–Kier alpha value is -2.33. The highest BCUT2D eigenvalue weighted by molar-refractivity contribution is 5.93. The zero-order valence-electron chi connectivity index (χ0n) is 15.1. The fourth-order valence-electron chi connectivity index (χ4n) is 2.40. The third-order valence-electron chi connectivity index (χ3n) is 4.09. The van der Waals surface area contributed by atoms with E-state index >= 15 is 0 Å². The average Bonchev–Trinajstić information content (AvgIpc) is 2.65. The van der Waals surface area contributed by atoms with Crippen molar-refractivity contribution >= 4 is 11.6 Å². The first kappa shape index (κ1) is 19.0. The van der Waals surface area contributed by atoms with Crippen molar-refractivity contribution in [2.45, 2.75) is 39.2 Å². The lowest BCUT2D eigenvalue weighted by atomic mass is 10.1. The molecule has 0 bridgehead atoms. The molecule has 0 saturated heterocycles. The molecule has 0 aliphatic carbocycles. The standard InChI is InChI=1S/C21H28N2O2/c1-3-17(2)22-16-21(24)23-19-13-7-8-14-20(19)25-15-9-12-18-10-5-4-6-11-18/h4-8,10-11,13-14,17,22H,3,9,12,15-16H2,1-2H3,(H,23,24). The number of anilines is 1. The van der Waals surface area contributed by atoms with E-state index in [2.05, 4.69) is 48.7 Å². The van der Waals surface area contributed by atoms with Crippen LogP contribution in [0.5, 0.6) is 5.75 Å². The van der Waals surface area contributed by atoms with Gasteiger partial charge in [0.15, 0.2) is 0 Å². The van der Waals surface area contributed by atoms with Gasteiger partial charge in [-0.25, -0.2) is 0 Å². The number of carbonyl (C=O) groups excluding carboxylic acids is 1. The van der Waals surface area contributed by atoms with Crippen LogP contribution in [-0.4, -0.2) is 25.1 Å². The number of ether oxygens (including phenoxy) is 1. The molecule has 1 amide bonds. The molecule has 0 saturated carbocycles. The summed E-state index contributed by atoms with van der Waals surface area (Å²) in [5.41, 5.74) is 2.03. The summed E-state index contributed by atoms with van der Waals surface area (Å²) in [6, 6.07) is 18.3. The van der Waals surface area contributed by atoms with Crippen LogP contribution in [0.15, 0.2) is 54.6 Å². The quantitative estimate of drug-likeness (QED) is 0.642. The Morgan fingerprint density at radius 3 is 2.56 bits per heavy atom. The monoisotopic (exact) mass is 340 g/mol. The van der Waals surface area contributed by atoms with Gasteiger partial charge >= 0.3 is 0 Å². The highest BCUT2D eigenvalue weighted by Crippen LogP contribution is 2.23. The van der Waals surface area contributed by atoms with Crippen molar-refractivity contribution in [1.29, 1.82) is 0 Å². The van der Waals surface area contributed by atoms with Gasteiger partial charge in [0.25, 0.3) is 0 Å². The van der Waals surface area contributed by atoms with Gasteiger partial charge in [-0.05, 0) is 43.9 Å². The topological polar surface area (TPSA) is 50.4 Å². The molecule has 25 heavy (non-hydrogen) atoms. The maximum Gasteiger partial charge on any atom is 0.238 e. The third-order valence-corrected chi connectivity index (χ3v) is 4.09. The van der Waals surface area contributed by atoms with E-state index in [1.165, 1.54) is 5.56 Å². The molecule has 4 nitrogen and oxygen atoms in total. The number of amides is 1. The van der Waals surface area contributed by atoms with Crippen LogP contribution in [0.1, 0.15) is 32.3 Å². The molecule has 0 spiro atoms. The minimum Gasteiger partial charge on any atom is -0.491 e. The van der Waals surface area contributed by atoms with Crippen molar-refractivity contribution in [2.75, 3.05) is 18.5 Å². The Balaban J connectivity index is 1.80. The number of rotatable bonds is 10. The van der Waals surface area contributed by atoms with E-state index in [-0.39, 0.29) is 5.91 Å². The van der Waals surface area contributed by atoms with Crippen LogP contribution >= 0.6 is 0 Å². The number of carbonyl (C=O) groups is 1. The Labute approximate surface area is 150 Å². The molecule has 0 fully saturated rings. The van der Waals surface area contributed by atoms with E-state index in [0.717, 1.165) is 24.9 Å². The highest BCUT2D eigenvalue weighted by atomic mass is 16.5. The summed E-state index contributed by atoms with van der Waals surface area (Å²) < 4.78 is 5.87.